The summed E-state index contributed by atoms with van der Waals surface area (Å²) in [6.07, 6.45) is 3.65. The van der Waals surface area contributed by atoms with Crippen molar-refractivity contribution in [1.82, 2.24) is 14.1 Å². The second-order valence-electron chi connectivity index (χ2n) is 3.85. The van der Waals surface area contributed by atoms with Gasteiger partial charge in [0.1, 0.15) is 0 Å². The summed E-state index contributed by atoms with van der Waals surface area (Å²) in [5, 5.41) is 11.8. The summed E-state index contributed by atoms with van der Waals surface area (Å²) >= 11 is 0. The van der Waals surface area contributed by atoms with Crippen LogP contribution in [0, 0.1) is 11.3 Å². The quantitative estimate of drug-likeness (QED) is 0.767. The summed E-state index contributed by atoms with van der Waals surface area (Å²) in [7, 11) is -0.314. The van der Waals surface area contributed by atoms with Gasteiger partial charge in [-0.1, -0.05) is 6.92 Å². The zero-order chi connectivity index (χ0) is 13.1. The first-order chi connectivity index (χ1) is 7.91. The van der Waals surface area contributed by atoms with E-state index in [1.165, 1.54) is 11.4 Å². The fourth-order valence-corrected chi connectivity index (χ4v) is 2.80. The minimum absolute atomic E-state index is 0.231. The molecule has 0 fully saturated rings. The standard InChI is InChI=1S/C10H16N4O2S/c1-4-10(5-11)17(15,16)14(3)8-9-6-12-13(2)7-9/h6-7,10H,4,8H2,1-3H3. The predicted octanol–water partition coefficient (Wildman–Crippen LogP) is 0.484. The van der Waals surface area contributed by atoms with Gasteiger partial charge in [0.05, 0.1) is 12.3 Å². The van der Waals surface area contributed by atoms with Crippen LogP contribution in [0.15, 0.2) is 12.4 Å². The normalized spacial score (nSPS) is 13.6. The molecule has 1 unspecified atom stereocenters. The van der Waals surface area contributed by atoms with E-state index in [-0.39, 0.29) is 13.0 Å². The Morgan fingerprint density at radius 3 is 2.71 bits per heavy atom. The van der Waals surface area contributed by atoms with Crippen molar-refractivity contribution < 1.29 is 8.42 Å². The van der Waals surface area contributed by atoms with Gasteiger partial charge in [0.2, 0.25) is 10.0 Å². The van der Waals surface area contributed by atoms with Gasteiger partial charge >= 0.3 is 0 Å². The minimum Gasteiger partial charge on any atom is -0.275 e. The first kappa shape index (κ1) is 13.7. The van der Waals surface area contributed by atoms with E-state index in [4.69, 9.17) is 5.26 Å². The maximum atomic E-state index is 12.0. The van der Waals surface area contributed by atoms with Gasteiger partial charge in [0, 0.05) is 32.4 Å². The van der Waals surface area contributed by atoms with Crippen LogP contribution < -0.4 is 0 Å². The lowest BCUT2D eigenvalue weighted by Gasteiger charge is -2.18. The van der Waals surface area contributed by atoms with Crippen LogP contribution in [0.2, 0.25) is 0 Å². The molecule has 1 atom stereocenters. The van der Waals surface area contributed by atoms with Gasteiger partial charge < -0.3 is 0 Å². The van der Waals surface area contributed by atoms with Gasteiger partial charge in [-0.05, 0) is 6.42 Å². The van der Waals surface area contributed by atoms with Crippen LogP contribution in [0.3, 0.4) is 0 Å². The number of nitriles is 1. The predicted molar refractivity (Wildman–Crippen MR) is 63.3 cm³/mol. The van der Waals surface area contributed by atoms with Crippen molar-refractivity contribution in [3.63, 3.8) is 0 Å². The van der Waals surface area contributed by atoms with Crippen LogP contribution >= 0.6 is 0 Å². The fraction of sp³-hybridized carbons (Fsp3) is 0.600. The number of sulfonamides is 1. The lowest BCUT2D eigenvalue weighted by molar-refractivity contribution is 0.460. The summed E-state index contributed by atoms with van der Waals surface area (Å²) in [5.41, 5.74) is 0.798. The largest absolute Gasteiger partial charge is 0.275 e. The molecule has 1 rings (SSSR count). The Morgan fingerprint density at radius 1 is 1.65 bits per heavy atom. The summed E-state index contributed by atoms with van der Waals surface area (Å²) < 4.78 is 26.8. The molecule has 0 aliphatic carbocycles. The summed E-state index contributed by atoms with van der Waals surface area (Å²) in [6, 6.07) is 1.81. The Bertz CT molecular complexity index is 515. The Kier molecular flexibility index (Phi) is 4.26. The van der Waals surface area contributed by atoms with E-state index in [0.29, 0.717) is 0 Å². The zero-order valence-electron chi connectivity index (χ0n) is 10.2. The molecule has 0 radical (unpaired) electrons. The molecular weight excluding hydrogens is 240 g/mol. The van der Waals surface area contributed by atoms with E-state index in [9.17, 15) is 8.42 Å². The summed E-state index contributed by atoms with van der Waals surface area (Å²) in [6.45, 7) is 1.91. The van der Waals surface area contributed by atoms with Gasteiger partial charge in [-0.15, -0.1) is 0 Å². The zero-order valence-corrected chi connectivity index (χ0v) is 11.0. The minimum atomic E-state index is -3.55. The lowest BCUT2D eigenvalue weighted by Crippen LogP contribution is -2.34. The van der Waals surface area contributed by atoms with Crippen molar-refractivity contribution in [2.24, 2.45) is 7.05 Å². The number of aromatic nitrogens is 2. The molecule has 7 heteroatoms. The van der Waals surface area contributed by atoms with Crippen molar-refractivity contribution in [3.8, 4) is 6.07 Å². The third kappa shape index (κ3) is 3.05. The van der Waals surface area contributed by atoms with Crippen molar-refractivity contribution in [3.05, 3.63) is 18.0 Å². The molecule has 0 saturated heterocycles. The van der Waals surface area contributed by atoms with E-state index < -0.39 is 15.3 Å². The Hall–Kier alpha value is -1.39. The molecule has 0 aliphatic heterocycles. The van der Waals surface area contributed by atoms with E-state index in [2.05, 4.69) is 5.10 Å². The van der Waals surface area contributed by atoms with Crippen LogP contribution in [0.1, 0.15) is 18.9 Å². The average molecular weight is 256 g/mol. The van der Waals surface area contributed by atoms with E-state index in [1.807, 2.05) is 6.07 Å². The SMILES string of the molecule is CCC(C#N)S(=O)(=O)N(C)Cc1cnn(C)c1. The molecule has 17 heavy (non-hydrogen) atoms. The molecule has 1 aromatic rings. The molecule has 1 heterocycles. The Balaban J connectivity index is 2.83. The van der Waals surface area contributed by atoms with Gasteiger partial charge in [0.15, 0.2) is 5.25 Å². The highest BCUT2D eigenvalue weighted by atomic mass is 32.2. The number of aryl methyl sites for hydroxylation is 1. The van der Waals surface area contributed by atoms with Crippen LogP contribution in [0.25, 0.3) is 0 Å². The van der Waals surface area contributed by atoms with E-state index in [0.717, 1.165) is 5.56 Å². The Labute approximate surface area is 102 Å². The van der Waals surface area contributed by atoms with Gasteiger partial charge in [0.25, 0.3) is 0 Å². The van der Waals surface area contributed by atoms with Crippen molar-refractivity contribution >= 4 is 10.0 Å². The van der Waals surface area contributed by atoms with Gasteiger partial charge in [-0.2, -0.15) is 14.7 Å². The van der Waals surface area contributed by atoms with Crippen molar-refractivity contribution in [2.45, 2.75) is 25.1 Å². The smallest absolute Gasteiger partial charge is 0.230 e. The Morgan fingerprint density at radius 2 is 2.29 bits per heavy atom. The fourth-order valence-electron chi connectivity index (χ4n) is 1.49. The molecule has 0 N–H and O–H groups in total. The molecule has 94 valence electrons. The van der Waals surface area contributed by atoms with E-state index in [1.54, 1.807) is 31.0 Å². The second-order valence-corrected chi connectivity index (χ2v) is 6.07. The molecule has 0 aliphatic rings. The molecule has 6 nitrogen and oxygen atoms in total. The topological polar surface area (TPSA) is 79.0 Å². The molecular formula is C10H16N4O2S. The first-order valence-electron chi connectivity index (χ1n) is 5.24. The maximum absolute atomic E-state index is 12.0. The highest BCUT2D eigenvalue weighted by Gasteiger charge is 2.28. The lowest BCUT2D eigenvalue weighted by atomic mass is 10.4. The molecule has 0 amide bonds. The first-order valence-corrected chi connectivity index (χ1v) is 6.74. The summed E-state index contributed by atoms with van der Waals surface area (Å²) in [4.78, 5) is 0. The van der Waals surface area contributed by atoms with Crippen LogP contribution in [-0.4, -0.2) is 34.8 Å². The number of rotatable bonds is 5. The van der Waals surface area contributed by atoms with Crippen LogP contribution in [0.5, 0.6) is 0 Å². The molecule has 0 bridgehead atoms. The third-order valence-electron chi connectivity index (χ3n) is 2.47. The number of hydrogen-bond donors (Lipinski definition) is 0. The van der Waals surface area contributed by atoms with E-state index >= 15 is 0 Å². The molecule has 0 spiro atoms. The van der Waals surface area contributed by atoms with Gasteiger partial charge in [-0.25, -0.2) is 8.42 Å². The molecule has 0 aromatic carbocycles. The average Bonchev–Trinajstić information content (AvgIpc) is 2.65. The third-order valence-corrected chi connectivity index (χ3v) is 4.63. The highest BCUT2D eigenvalue weighted by molar-refractivity contribution is 7.89. The summed E-state index contributed by atoms with van der Waals surface area (Å²) in [5.74, 6) is 0. The molecule has 1 aromatic heterocycles. The van der Waals surface area contributed by atoms with Gasteiger partial charge in [-0.3, -0.25) is 4.68 Å². The van der Waals surface area contributed by atoms with Crippen molar-refractivity contribution in [1.29, 1.82) is 5.26 Å². The second kappa shape index (κ2) is 5.29. The highest BCUT2D eigenvalue weighted by Crippen LogP contribution is 2.13. The van der Waals surface area contributed by atoms with Crippen molar-refractivity contribution in [2.75, 3.05) is 7.05 Å². The molecule has 0 saturated carbocycles. The maximum Gasteiger partial charge on any atom is 0.230 e. The van der Waals surface area contributed by atoms with Crippen LogP contribution in [-0.2, 0) is 23.6 Å². The number of nitrogens with zero attached hydrogens (tertiary/aromatic N) is 4. The van der Waals surface area contributed by atoms with Crippen LogP contribution in [0.4, 0.5) is 0 Å². The number of hydrogen-bond acceptors (Lipinski definition) is 4. The monoisotopic (exact) mass is 256 g/mol.